The molecule has 1 heterocycles. The van der Waals surface area contributed by atoms with Gasteiger partial charge < -0.3 is 15.5 Å². The van der Waals surface area contributed by atoms with Crippen molar-refractivity contribution in [3.05, 3.63) is 51.7 Å². The molecule has 0 aliphatic carbocycles. The van der Waals surface area contributed by atoms with E-state index in [0.29, 0.717) is 6.07 Å². The summed E-state index contributed by atoms with van der Waals surface area (Å²) in [5.74, 6) is -1.09. The molecule has 1 aromatic heterocycles. The number of thiophene rings is 1. The summed E-state index contributed by atoms with van der Waals surface area (Å²) in [5.41, 5.74) is -0.0825. The molecular weight excluding hydrogens is 529 g/mol. The summed E-state index contributed by atoms with van der Waals surface area (Å²) in [6.45, 7) is 3.77. The molecule has 208 valence electrons. The third-order valence-electron chi connectivity index (χ3n) is 5.99. The minimum atomic E-state index is -4.77. The lowest BCUT2D eigenvalue weighted by Crippen LogP contribution is -2.46. The molecule has 0 fully saturated rings. The van der Waals surface area contributed by atoms with Gasteiger partial charge in [0.15, 0.2) is 0 Å². The first-order valence-corrected chi connectivity index (χ1v) is 14.3. The summed E-state index contributed by atoms with van der Waals surface area (Å²) in [6, 6.07) is 4.60. The van der Waals surface area contributed by atoms with E-state index in [4.69, 9.17) is 5.11 Å². The Morgan fingerprint density at radius 2 is 1.81 bits per heavy atom. The van der Waals surface area contributed by atoms with E-state index in [-0.39, 0.29) is 43.5 Å². The highest BCUT2D eigenvalue weighted by Crippen LogP contribution is 2.33. The Morgan fingerprint density at radius 3 is 2.41 bits per heavy atom. The van der Waals surface area contributed by atoms with Crippen LogP contribution >= 0.6 is 11.3 Å². The Balaban J connectivity index is 2.02. The number of nitrogens with zero attached hydrogens (tertiary/aromatic N) is 1. The smallest absolute Gasteiger partial charge is 0.416 e. The first kappa shape index (κ1) is 31.2. The lowest BCUT2D eigenvalue weighted by Gasteiger charge is -2.29. The standard InChI is InChI=1S/C25H35F3N2O5S2/c1-24(2,10-5-7-18-9-11-36-17-18)29-15-21(31)16-30(3)37(34,35)22-13-19(6-4-8-23(32)33)12-20(14-22)25(26,27)28/h9,11-14,17,21,29,31H,4-8,10,15-16H2,1-3H3,(H,32,33). The highest BCUT2D eigenvalue weighted by Gasteiger charge is 2.34. The average molecular weight is 565 g/mol. The molecule has 2 rings (SSSR count). The van der Waals surface area contributed by atoms with Gasteiger partial charge in [0, 0.05) is 32.1 Å². The van der Waals surface area contributed by atoms with Gasteiger partial charge in [-0.25, -0.2) is 8.42 Å². The second-order valence-electron chi connectivity index (χ2n) is 9.80. The van der Waals surface area contributed by atoms with Gasteiger partial charge in [0.1, 0.15) is 0 Å². The van der Waals surface area contributed by atoms with Gasteiger partial charge >= 0.3 is 12.1 Å². The van der Waals surface area contributed by atoms with Gasteiger partial charge in [0.05, 0.1) is 16.6 Å². The second kappa shape index (κ2) is 13.2. The number of aliphatic carboxylic acids is 1. The van der Waals surface area contributed by atoms with Crippen molar-refractivity contribution in [2.24, 2.45) is 0 Å². The SMILES string of the molecule is CN(CC(O)CNC(C)(C)CCCc1ccsc1)S(=O)(=O)c1cc(CCCC(=O)O)cc(C(F)(F)F)c1. The fraction of sp³-hybridized carbons (Fsp3) is 0.560. The second-order valence-corrected chi connectivity index (χ2v) is 12.6. The normalized spacial score (nSPS) is 13.7. The van der Waals surface area contributed by atoms with Crippen molar-refractivity contribution in [1.29, 1.82) is 0 Å². The van der Waals surface area contributed by atoms with Gasteiger partial charge in [-0.15, -0.1) is 0 Å². The number of aryl methyl sites for hydroxylation is 2. The van der Waals surface area contributed by atoms with E-state index in [9.17, 15) is 31.5 Å². The number of benzene rings is 1. The molecule has 0 bridgehead atoms. The number of hydrogen-bond acceptors (Lipinski definition) is 6. The van der Waals surface area contributed by atoms with Crippen LogP contribution in [0.3, 0.4) is 0 Å². The molecule has 0 saturated heterocycles. The first-order chi connectivity index (χ1) is 17.1. The van der Waals surface area contributed by atoms with Gasteiger partial charge in [-0.3, -0.25) is 4.79 Å². The van der Waals surface area contributed by atoms with E-state index < -0.39 is 38.7 Å². The van der Waals surface area contributed by atoms with Crippen LogP contribution in [0.25, 0.3) is 0 Å². The maximum absolute atomic E-state index is 13.4. The Hall–Kier alpha value is -1.99. The highest BCUT2D eigenvalue weighted by atomic mass is 32.2. The summed E-state index contributed by atoms with van der Waals surface area (Å²) in [5, 5.41) is 26.6. The summed E-state index contributed by atoms with van der Waals surface area (Å²) in [6.07, 6.45) is -3.35. The predicted octanol–water partition coefficient (Wildman–Crippen LogP) is 4.55. The van der Waals surface area contributed by atoms with E-state index in [0.717, 1.165) is 35.7 Å². The summed E-state index contributed by atoms with van der Waals surface area (Å²) < 4.78 is 67.3. The number of hydrogen-bond donors (Lipinski definition) is 3. The van der Waals surface area contributed by atoms with Crippen molar-refractivity contribution in [1.82, 2.24) is 9.62 Å². The number of carboxylic acids is 1. The zero-order valence-corrected chi connectivity index (χ0v) is 22.8. The van der Waals surface area contributed by atoms with Crippen LogP contribution in [0.2, 0.25) is 0 Å². The fourth-order valence-electron chi connectivity index (χ4n) is 3.85. The van der Waals surface area contributed by atoms with Gasteiger partial charge in [-0.2, -0.15) is 28.8 Å². The van der Waals surface area contributed by atoms with Gasteiger partial charge in [0.25, 0.3) is 0 Å². The fourth-order valence-corrected chi connectivity index (χ4v) is 5.86. The monoisotopic (exact) mass is 564 g/mol. The molecule has 0 amide bonds. The Morgan fingerprint density at radius 1 is 1.14 bits per heavy atom. The number of nitrogens with one attached hydrogen (secondary N) is 1. The number of sulfonamides is 1. The molecule has 0 saturated carbocycles. The molecule has 7 nitrogen and oxygen atoms in total. The molecule has 1 aromatic carbocycles. The Labute approximate surface area is 220 Å². The molecule has 0 aliphatic heterocycles. The van der Waals surface area contributed by atoms with Crippen molar-refractivity contribution < 1.29 is 36.6 Å². The van der Waals surface area contributed by atoms with E-state index in [1.165, 1.54) is 12.6 Å². The van der Waals surface area contributed by atoms with Crippen molar-refractivity contribution >= 4 is 27.3 Å². The number of carbonyl (C=O) groups is 1. The van der Waals surface area contributed by atoms with E-state index in [2.05, 4.69) is 16.8 Å². The van der Waals surface area contributed by atoms with Crippen LogP contribution in [0, 0.1) is 0 Å². The van der Waals surface area contributed by atoms with Crippen molar-refractivity contribution in [3.8, 4) is 0 Å². The molecular formula is C25H35F3N2O5S2. The van der Waals surface area contributed by atoms with Crippen molar-refractivity contribution in [3.63, 3.8) is 0 Å². The first-order valence-electron chi connectivity index (χ1n) is 11.9. The minimum absolute atomic E-state index is 0.0174. The maximum atomic E-state index is 13.4. The molecule has 0 spiro atoms. The largest absolute Gasteiger partial charge is 0.481 e. The number of halogens is 3. The number of rotatable bonds is 15. The third-order valence-corrected chi connectivity index (χ3v) is 8.52. The number of alkyl halides is 3. The Bertz CT molecular complexity index is 1120. The summed E-state index contributed by atoms with van der Waals surface area (Å²) >= 11 is 1.65. The van der Waals surface area contributed by atoms with Crippen molar-refractivity contribution in [2.75, 3.05) is 20.1 Å². The number of aliphatic hydroxyl groups excluding tert-OH is 1. The molecule has 3 N–H and O–H groups in total. The third kappa shape index (κ3) is 10.4. The van der Waals surface area contributed by atoms with Crippen LogP contribution in [-0.2, 0) is 33.8 Å². The average Bonchev–Trinajstić information content (AvgIpc) is 3.30. The van der Waals surface area contributed by atoms with Crippen LogP contribution in [0.5, 0.6) is 0 Å². The Kier molecular flexibility index (Phi) is 11.1. The topological polar surface area (TPSA) is 107 Å². The number of aliphatic hydroxyl groups is 1. The van der Waals surface area contributed by atoms with E-state index in [1.807, 2.05) is 19.2 Å². The van der Waals surface area contributed by atoms with Crippen molar-refractivity contribution in [2.45, 2.75) is 75.1 Å². The lowest BCUT2D eigenvalue weighted by molar-refractivity contribution is -0.138. The number of β-amino-alcohol motifs (C(OH)–C–C–N with tert-alkyl or cyclic N) is 1. The lowest BCUT2D eigenvalue weighted by atomic mass is 9.96. The summed E-state index contributed by atoms with van der Waals surface area (Å²) in [4.78, 5) is 10.2. The molecule has 1 unspecified atom stereocenters. The quantitative estimate of drug-likeness (QED) is 0.293. The maximum Gasteiger partial charge on any atom is 0.416 e. The molecule has 12 heteroatoms. The van der Waals surface area contributed by atoms with Gasteiger partial charge in [-0.1, -0.05) is 0 Å². The summed E-state index contributed by atoms with van der Waals surface area (Å²) in [7, 11) is -3.14. The molecule has 2 aromatic rings. The van der Waals surface area contributed by atoms with Crippen LogP contribution in [-0.4, -0.2) is 60.7 Å². The van der Waals surface area contributed by atoms with Crippen LogP contribution in [0.1, 0.15) is 56.2 Å². The zero-order valence-electron chi connectivity index (χ0n) is 21.2. The van der Waals surface area contributed by atoms with E-state index >= 15 is 0 Å². The highest BCUT2D eigenvalue weighted by molar-refractivity contribution is 7.89. The van der Waals surface area contributed by atoms with Gasteiger partial charge in [0.2, 0.25) is 10.0 Å². The van der Waals surface area contributed by atoms with Crippen LogP contribution in [0.4, 0.5) is 13.2 Å². The number of carboxylic acid groups (broad SMARTS) is 1. The molecule has 0 radical (unpaired) electrons. The van der Waals surface area contributed by atoms with Gasteiger partial charge in [-0.05, 0) is 92.1 Å². The van der Waals surface area contributed by atoms with Crippen LogP contribution < -0.4 is 5.32 Å². The number of likely N-dealkylation sites (N-methyl/N-ethyl adjacent to an activating group) is 1. The minimum Gasteiger partial charge on any atom is -0.481 e. The molecule has 37 heavy (non-hydrogen) atoms. The zero-order chi connectivity index (χ0) is 27.9. The predicted molar refractivity (Wildman–Crippen MR) is 137 cm³/mol. The molecule has 1 atom stereocenters. The van der Waals surface area contributed by atoms with E-state index in [1.54, 1.807) is 11.3 Å². The van der Waals surface area contributed by atoms with Crippen LogP contribution in [0.15, 0.2) is 39.9 Å². The molecule has 0 aliphatic rings.